The maximum absolute atomic E-state index is 3.83. The molecule has 0 heterocycles. The molecule has 0 aromatic carbocycles. The molecule has 0 radical (unpaired) electrons. The Balaban J connectivity index is 3.80. The van der Waals surface area contributed by atoms with Crippen molar-refractivity contribution in [1.82, 2.24) is 0 Å². The summed E-state index contributed by atoms with van der Waals surface area (Å²) in [6.45, 7) is 9.65. The second-order valence-corrected chi connectivity index (χ2v) is 3.76. The molecule has 0 aliphatic heterocycles. The predicted octanol–water partition coefficient (Wildman–Crippen LogP) is 4.10. The van der Waals surface area contributed by atoms with Gasteiger partial charge in [0.2, 0.25) is 0 Å². The summed E-state index contributed by atoms with van der Waals surface area (Å²) in [6.07, 6.45) is 10.2. The Morgan fingerprint density at radius 2 is 2.08 bits per heavy atom. The average molecular weight is 229 g/mol. The predicted molar refractivity (Wildman–Crippen MR) is 60.7 cm³/mol. The minimum Gasteiger partial charge on any atom is -0.103 e. The smallest absolute Gasteiger partial charge is 0.0120 e. The van der Waals surface area contributed by atoms with E-state index in [4.69, 9.17) is 0 Å². The zero-order valence-electron chi connectivity index (χ0n) is 7.72. The van der Waals surface area contributed by atoms with Crippen LogP contribution in [0.4, 0.5) is 0 Å². The molecule has 0 saturated carbocycles. The van der Waals surface area contributed by atoms with Crippen LogP contribution in [0.2, 0.25) is 0 Å². The topological polar surface area (TPSA) is 0 Å². The zero-order valence-corrected chi connectivity index (χ0v) is 9.31. The van der Waals surface area contributed by atoms with Gasteiger partial charge in [-0.3, -0.25) is 0 Å². The second-order valence-electron chi connectivity index (χ2n) is 3.19. The monoisotopic (exact) mass is 228 g/mol. The number of allylic oxidation sites excluding steroid dienone is 4. The minimum atomic E-state index is 0.228. The van der Waals surface area contributed by atoms with Gasteiger partial charge >= 0.3 is 0 Å². The fourth-order valence-corrected chi connectivity index (χ4v) is 1.34. The quantitative estimate of drug-likeness (QED) is 0.365. The molecule has 0 rings (SSSR count). The van der Waals surface area contributed by atoms with E-state index in [1.54, 1.807) is 6.08 Å². The molecular formula is C11H17Br. The highest BCUT2D eigenvalue weighted by Gasteiger charge is 2.16. The number of alkyl halides is 1. The Bertz CT molecular complexity index is 170. The average Bonchev–Trinajstić information content (AvgIpc) is 2.12. The lowest BCUT2D eigenvalue weighted by Gasteiger charge is -2.21. The van der Waals surface area contributed by atoms with Crippen molar-refractivity contribution in [1.29, 1.82) is 0 Å². The first-order valence-corrected chi connectivity index (χ1v) is 5.28. The van der Waals surface area contributed by atoms with Crippen molar-refractivity contribution in [2.75, 3.05) is 5.33 Å². The summed E-state index contributed by atoms with van der Waals surface area (Å²) < 4.78 is 0. The molecule has 0 nitrogen and oxygen atoms in total. The highest BCUT2D eigenvalue weighted by molar-refractivity contribution is 9.09. The molecule has 0 saturated heterocycles. The third-order valence-electron chi connectivity index (χ3n) is 1.95. The summed E-state index contributed by atoms with van der Waals surface area (Å²) >= 11 is 3.49. The number of halogens is 1. The standard InChI is InChI=1S/C11H17Br/c1-4-6-7-8-9-11(3,5-2)10-12/h4-7H,1-2,8-10H2,3H3/b7-6+. The van der Waals surface area contributed by atoms with Crippen LogP contribution in [0.25, 0.3) is 0 Å². The lowest BCUT2D eigenvalue weighted by Crippen LogP contribution is -2.13. The van der Waals surface area contributed by atoms with Crippen molar-refractivity contribution >= 4 is 15.9 Å². The maximum atomic E-state index is 3.83. The lowest BCUT2D eigenvalue weighted by molar-refractivity contribution is 0.456. The molecule has 0 bridgehead atoms. The van der Waals surface area contributed by atoms with Gasteiger partial charge in [-0.15, -0.1) is 6.58 Å². The number of hydrogen-bond acceptors (Lipinski definition) is 0. The molecule has 0 aromatic heterocycles. The lowest BCUT2D eigenvalue weighted by atomic mass is 9.88. The maximum Gasteiger partial charge on any atom is 0.0120 e. The van der Waals surface area contributed by atoms with Crippen LogP contribution in [0.1, 0.15) is 19.8 Å². The van der Waals surface area contributed by atoms with E-state index in [1.807, 2.05) is 12.2 Å². The Morgan fingerprint density at radius 1 is 1.42 bits per heavy atom. The first-order valence-electron chi connectivity index (χ1n) is 4.15. The van der Waals surface area contributed by atoms with Crippen molar-refractivity contribution in [3.05, 3.63) is 37.5 Å². The van der Waals surface area contributed by atoms with Gasteiger partial charge in [0.15, 0.2) is 0 Å². The Kier molecular flexibility index (Phi) is 6.09. The molecular weight excluding hydrogens is 212 g/mol. The summed E-state index contributed by atoms with van der Waals surface area (Å²) in [6, 6.07) is 0. The van der Waals surface area contributed by atoms with E-state index >= 15 is 0 Å². The van der Waals surface area contributed by atoms with Gasteiger partial charge in [0.25, 0.3) is 0 Å². The van der Waals surface area contributed by atoms with Gasteiger partial charge < -0.3 is 0 Å². The van der Waals surface area contributed by atoms with E-state index in [0.29, 0.717) is 0 Å². The molecule has 0 aliphatic carbocycles. The van der Waals surface area contributed by atoms with E-state index in [1.165, 1.54) is 0 Å². The zero-order chi connectivity index (χ0) is 9.45. The summed E-state index contributed by atoms with van der Waals surface area (Å²) in [5, 5.41) is 0.978. The van der Waals surface area contributed by atoms with E-state index in [-0.39, 0.29) is 5.41 Å². The van der Waals surface area contributed by atoms with E-state index < -0.39 is 0 Å². The Hall–Kier alpha value is -0.300. The normalized spacial score (nSPS) is 15.8. The van der Waals surface area contributed by atoms with Crippen LogP contribution < -0.4 is 0 Å². The van der Waals surface area contributed by atoms with Crippen LogP contribution in [-0.4, -0.2) is 5.33 Å². The third-order valence-corrected chi connectivity index (χ3v) is 3.23. The highest BCUT2D eigenvalue weighted by atomic mass is 79.9. The van der Waals surface area contributed by atoms with Crippen molar-refractivity contribution in [3.63, 3.8) is 0 Å². The van der Waals surface area contributed by atoms with Gasteiger partial charge in [0.1, 0.15) is 0 Å². The molecule has 0 aliphatic rings. The van der Waals surface area contributed by atoms with Crippen LogP contribution >= 0.6 is 15.9 Å². The van der Waals surface area contributed by atoms with Crippen LogP contribution in [0.5, 0.6) is 0 Å². The molecule has 1 unspecified atom stereocenters. The molecule has 0 aromatic rings. The number of rotatable bonds is 6. The summed E-state index contributed by atoms with van der Waals surface area (Å²) in [7, 11) is 0. The van der Waals surface area contributed by atoms with Crippen molar-refractivity contribution in [3.8, 4) is 0 Å². The van der Waals surface area contributed by atoms with Gasteiger partial charge in [0, 0.05) is 5.33 Å². The van der Waals surface area contributed by atoms with Crippen LogP contribution in [0.3, 0.4) is 0 Å². The van der Waals surface area contributed by atoms with Crippen molar-refractivity contribution in [2.24, 2.45) is 5.41 Å². The molecule has 0 amide bonds. The summed E-state index contributed by atoms with van der Waals surface area (Å²) in [5.41, 5.74) is 0.228. The molecule has 1 atom stereocenters. The van der Waals surface area contributed by atoms with Crippen molar-refractivity contribution in [2.45, 2.75) is 19.8 Å². The molecule has 0 spiro atoms. The highest BCUT2D eigenvalue weighted by Crippen LogP contribution is 2.26. The number of hydrogen-bond donors (Lipinski definition) is 0. The van der Waals surface area contributed by atoms with E-state index in [9.17, 15) is 0 Å². The minimum absolute atomic E-state index is 0.228. The molecule has 0 N–H and O–H groups in total. The van der Waals surface area contributed by atoms with Crippen LogP contribution in [-0.2, 0) is 0 Å². The van der Waals surface area contributed by atoms with Crippen LogP contribution in [0, 0.1) is 5.41 Å². The molecule has 1 heteroatoms. The second kappa shape index (κ2) is 6.24. The Morgan fingerprint density at radius 3 is 2.50 bits per heavy atom. The largest absolute Gasteiger partial charge is 0.103 e. The van der Waals surface area contributed by atoms with E-state index in [2.05, 4.69) is 42.1 Å². The van der Waals surface area contributed by atoms with Gasteiger partial charge in [-0.25, -0.2) is 0 Å². The molecule has 68 valence electrons. The fraction of sp³-hybridized carbons (Fsp3) is 0.455. The van der Waals surface area contributed by atoms with E-state index in [0.717, 1.165) is 18.2 Å². The van der Waals surface area contributed by atoms with Gasteiger partial charge in [-0.2, -0.15) is 0 Å². The van der Waals surface area contributed by atoms with Gasteiger partial charge in [-0.05, 0) is 18.3 Å². The Labute approximate surface area is 84.2 Å². The van der Waals surface area contributed by atoms with Gasteiger partial charge in [-0.1, -0.05) is 53.7 Å². The van der Waals surface area contributed by atoms with Crippen molar-refractivity contribution < 1.29 is 0 Å². The fourth-order valence-electron chi connectivity index (χ4n) is 0.829. The van der Waals surface area contributed by atoms with Gasteiger partial charge in [0.05, 0.1) is 0 Å². The molecule has 0 fully saturated rings. The third kappa shape index (κ3) is 4.55. The SMILES string of the molecule is C=C/C=C/CCC(C)(C=C)CBr. The summed E-state index contributed by atoms with van der Waals surface area (Å²) in [5.74, 6) is 0. The van der Waals surface area contributed by atoms with Crippen LogP contribution in [0.15, 0.2) is 37.5 Å². The molecule has 12 heavy (non-hydrogen) atoms. The first kappa shape index (κ1) is 11.7. The summed E-state index contributed by atoms with van der Waals surface area (Å²) in [4.78, 5) is 0. The first-order chi connectivity index (χ1) is 5.68.